The van der Waals surface area contributed by atoms with Crippen molar-refractivity contribution in [2.75, 3.05) is 12.3 Å². The van der Waals surface area contributed by atoms with E-state index in [0.717, 1.165) is 0 Å². The second kappa shape index (κ2) is 5.71. The predicted octanol–water partition coefficient (Wildman–Crippen LogP) is 1.21. The number of anilines is 1. The van der Waals surface area contributed by atoms with Gasteiger partial charge in [-0.1, -0.05) is 0 Å². The van der Waals surface area contributed by atoms with Crippen LogP contribution < -0.4 is 15.8 Å². The van der Waals surface area contributed by atoms with Gasteiger partial charge in [-0.25, -0.2) is 4.79 Å². The Morgan fingerprint density at radius 3 is 2.83 bits per heavy atom. The Morgan fingerprint density at radius 2 is 2.33 bits per heavy atom. The van der Waals surface area contributed by atoms with Gasteiger partial charge in [0.05, 0.1) is 11.0 Å². The first-order valence-electron chi connectivity index (χ1n) is 5.06. The third-order valence-electron chi connectivity index (χ3n) is 2.07. The van der Waals surface area contributed by atoms with Crippen LogP contribution in [0.5, 0.6) is 5.75 Å². The van der Waals surface area contributed by atoms with Gasteiger partial charge in [0.25, 0.3) is 5.69 Å². The molecule has 1 amide bonds. The maximum Gasteiger partial charge on any atom is 0.404 e. The third kappa shape index (κ3) is 3.81. The number of carbonyl (C=O) groups is 1. The van der Waals surface area contributed by atoms with E-state index in [1.54, 1.807) is 6.92 Å². The molecule has 0 radical (unpaired) electrons. The van der Waals surface area contributed by atoms with Crippen LogP contribution in [0.15, 0.2) is 18.2 Å². The zero-order valence-electron chi connectivity index (χ0n) is 9.62. The van der Waals surface area contributed by atoms with E-state index in [4.69, 9.17) is 15.6 Å². The molecule has 0 saturated heterocycles. The van der Waals surface area contributed by atoms with E-state index in [9.17, 15) is 14.9 Å². The maximum atomic E-state index is 10.5. The van der Waals surface area contributed by atoms with Gasteiger partial charge in [-0.2, -0.15) is 0 Å². The van der Waals surface area contributed by atoms with Crippen LogP contribution in [0.4, 0.5) is 16.2 Å². The number of benzene rings is 1. The van der Waals surface area contributed by atoms with Gasteiger partial charge in [-0.05, 0) is 13.0 Å². The van der Waals surface area contributed by atoms with Crippen molar-refractivity contribution in [3.05, 3.63) is 28.3 Å². The van der Waals surface area contributed by atoms with Gasteiger partial charge in [0.15, 0.2) is 0 Å². The fraction of sp³-hybridized carbons (Fsp3) is 0.300. The quantitative estimate of drug-likeness (QED) is 0.412. The predicted molar refractivity (Wildman–Crippen MR) is 63.6 cm³/mol. The van der Waals surface area contributed by atoms with Crippen molar-refractivity contribution >= 4 is 17.5 Å². The van der Waals surface area contributed by atoms with E-state index in [-0.39, 0.29) is 18.0 Å². The van der Waals surface area contributed by atoms with Gasteiger partial charge in [0.2, 0.25) is 0 Å². The van der Waals surface area contributed by atoms with Crippen LogP contribution >= 0.6 is 0 Å². The van der Waals surface area contributed by atoms with Crippen molar-refractivity contribution < 1.29 is 19.6 Å². The molecule has 8 heteroatoms. The minimum atomic E-state index is -1.14. The minimum Gasteiger partial charge on any atom is -0.491 e. The lowest BCUT2D eigenvalue weighted by atomic mass is 10.2. The number of amides is 1. The number of nitrogens with zero attached hydrogens (tertiary/aromatic N) is 1. The van der Waals surface area contributed by atoms with E-state index in [2.05, 4.69) is 5.32 Å². The van der Waals surface area contributed by atoms with E-state index in [1.807, 2.05) is 0 Å². The zero-order valence-corrected chi connectivity index (χ0v) is 9.62. The second-order valence-electron chi connectivity index (χ2n) is 3.64. The lowest BCUT2D eigenvalue weighted by Crippen LogP contribution is -2.35. The molecule has 0 saturated carbocycles. The molecule has 0 unspecified atom stereocenters. The van der Waals surface area contributed by atoms with Crippen molar-refractivity contribution in [1.29, 1.82) is 0 Å². The van der Waals surface area contributed by atoms with E-state index in [0.29, 0.717) is 5.75 Å². The molecule has 0 fully saturated rings. The Bertz CT molecular complexity index is 463. The molecular formula is C10H13N3O5. The monoisotopic (exact) mass is 255 g/mol. The molecule has 8 nitrogen and oxygen atoms in total. The molecule has 0 aliphatic carbocycles. The first-order valence-corrected chi connectivity index (χ1v) is 5.06. The number of hydrogen-bond donors (Lipinski definition) is 3. The Hall–Kier alpha value is -2.51. The first-order chi connectivity index (χ1) is 8.40. The van der Waals surface area contributed by atoms with Crippen LogP contribution in [-0.4, -0.2) is 28.8 Å². The normalized spacial score (nSPS) is 11.6. The van der Waals surface area contributed by atoms with Gasteiger partial charge in [-0.3, -0.25) is 10.1 Å². The van der Waals surface area contributed by atoms with Crippen molar-refractivity contribution in [3.8, 4) is 5.75 Å². The minimum absolute atomic E-state index is 0.00338. The molecule has 1 aromatic carbocycles. The molecule has 0 spiro atoms. The SMILES string of the molecule is C[C@@H](COc1ccc([N+](=O)[O-])c(N)c1)NC(=O)O. The molecule has 0 heterocycles. The Kier molecular flexibility index (Phi) is 4.30. The van der Waals surface area contributed by atoms with Crippen LogP contribution in [0, 0.1) is 10.1 Å². The summed E-state index contributed by atoms with van der Waals surface area (Å²) in [4.78, 5) is 20.3. The number of ether oxygens (including phenoxy) is 1. The number of nitrogen functional groups attached to an aromatic ring is 1. The van der Waals surface area contributed by atoms with Crippen molar-refractivity contribution in [3.63, 3.8) is 0 Å². The topological polar surface area (TPSA) is 128 Å². The molecule has 0 bridgehead atoms. The number of nitro benzene ring substituents is 1. The molecule has 1 atom stereocenters. The summed E-state index contributed by atoms with van der Waals surface area (Å²) in [6.07, 6.45) is -1.14. The summed E-state index contributed by atoms with van der Waals surface area (Å²) >= 11 is 0. The summed E-state index contributed by atoms with van der Waals surface area (Å²) in [7, 11) is 0. The van der Waals surface area contributed by atoms with Gasteiger partial charge < -0.3 is 20.9 Å². The van der Waals surface area contributed by atoms with Crippen LogP contribution in [0.2, 0.25) is 0 Å². The highest BCUT2D eigenvalue weighted by molar-refractivity contribution is 5.64. The molecular weight excluding hydrogens is 242 g/mol. The third-order valence-corrected chi connectivity index (χ3v) is 2.07. The van der Waals surface area contributed by atoms with Crippen molar-refractivity contribution in [2.45, 2.75) is 13.0 Å². The van der Waals surface area contributed by atoms with Gasteiger partial charge in [0, 0.05) is 12.1 Å². The molecule has 0 aliphatic heterocycles. The molecule has 18 heavy (non-hydrogen) atoms. The maximum absolute atomic E-state index is 10.5. The molecule has 98 valence electrons. The summed E-state index contributed by atoms with van der Waals surface area (Å²) in [5, 5.41) is 21.2. The number of nitro groups is 1. The van der Waals surface area contributed by atoms with Gasteiger partial charge >= 0.3 is 6.09 Å². The van der Waals surface area contributed by atoms with Crippen molar-refractivity contribution in [1.82, 2.24) is 5.32 Å². The van der Waals surface area contributed by atoms with Crippen LogP contribution in [-0.2, 0) is 0 Å². The van der Waals surface area contributed by atoms with Crippen molar-refractivity contribution in [2.24, 2.45) is 0 Å². The smallest absolute Gasteiger partial charge is 0.404 e. The molecule has 1 rings (SSSR count). The highest BCUT2D eigenvalue weighted by Crippen LogP contribution is 2.25. The van der Waals surface area contributed by atoms with Crippen LogP contribution in [0.3, 0.4) is 0 Å². The summed E-state index contributed by atoms with van der Waals surface area (Å²) in [6, 6.07) is 3.56. The average Bonchev–Trinajstić information content (AvgIpc) is 2.25. The lowest BCUT2D eigenvalue weighted by Gasteiger charge is -2.13. The van der Waals surface area contributed by atoms with E-state index >= 15 is 0 Å². The Balaban J connectivity index is 2.61. The number of carboxylic acid groups (broad SMARTS) is 1. The highest BCUT2D eigenvalue weighted by Gasteiger charge is 2.12. The first kappa shape index (κ1) is 13.6. The standard InChI is InChI=1S/C10H13N3O5/c1-6(12-10(14)15)5-18-7-2-3-9(13(16)17)8(11)4-7/h2-4,6,12H,5,11H2,1H3,(H,14,15)/t6-/m0/s1. The summed E-state index contributed by atoms with van der Waals surface area (Å²) in [5.41, 5.74) is 5.28. The van der Waals surface area contributed by atoms with E-state index < -0.39 is 17.1 Å². The second-order valence-corrected chi connectivity index (χ2v) is 3.64. The molecule has 0 aliphatic rings. The lowest BCUT2D eigenvalue weighted by molar-refractivity contribution is -0.383. The fourth-order valence-electron chi connectivity index (χ4n) is 1.26. The van der Waals surface area contributed by atoms with Crippen LogP contribution in [0.1, 0.15) is 6.92 Å². The van der Waals surface area contributed by atoms with Gasteiger partial charge in [-0.15, -0.1) is 0 Å². The number of rotatable bonds is 5. The Labute approximate surface area is 103 Å². The van der Waals surface area contributed by atoms with Gasteiger partial charge in [0.1, 0.15) is 18.0 Å². The Morgan fingerprint density at radius 1 is 1.67 bits per heavy atom. The average molecular weight is 255 g/mol. The van der Waals surface area contributed by atoms with Crippen LogP contribution in [0.25, 0.3) is 0 Å². The highest BCUT2D eigenvalue weighted by atomic mass is 16.6. The summed E-state index contributed by atoms with van der Waals surface area (Å²) in [5.74, 6) is 0.345. The zero-order chi connectivity index (χ0) is 13.7. The number of nitrogens with one attached hydrogen (secondary N) is 1. The fourth-order valence-corrected chi connectivity index (χ4v) is 1.26. The number of hydrogen-bond acceptors (Lipinski definition) is 5. The molecule has 4 N–H and O–H groups in total. The largest absolute Gasteiger partial charge is 0.491 e. The molecule has 1 aromatic rings. The van der Waals surface area contributed by atoms with E-state index in [1.165, 1.54) is 18.2 Å². The summed E-state index contributed by atoms with van der Waals surface area (Å²) in [6.45, 7) is 1.73. The molecule has 0 aromatic heterocycles. The number of nitrogens with two attached hydrogens (primary N) is 1. The summed E-state index contributed by atoms with van der Waals surface area (Å²) < 4.78 is 5.26.